The summed E-state index contributed by atoms with van der Waals surface area (Å²) in [5, 5.41) is 0. The molecule has 0 radical (unpaired) electrons. The number of unbranched alkanes of at least 4 members (excludes halogenated alkanes) is 2. The van der Waals surface area contributed by atoms with Gasteiger partial charge in [-0.15, -0.1) is 0 Å². The number of ether oxygens (including phenoxy) is 1. The van der Waals surface area contributed by atoms with Crippen LogP contribution in [0.5, 0.6) is 5.75 Å². The lowest BCUT2D eigenvalue weighted by Gasteiger charge is -2.19. The van der Waals surface area contributed by atoms with Gasteiger partial charge >= 0.3 is 6.11 Å². The van der Waals surface area contributed by atoms with Crippen LogP contribution in [0.2, 0.25) is 0 Å². The summed E-state index contributed by atoms with van der Waals surface area (Å²) >= 11 is 0. The van der Waals surface area contributed by atoms with Crippen molar-refractivity contribution in [3.05, 3.63) is 138 Å². The van der Waals surface area contributed by atoms with Crippen LogP contribution in [0.25, 0.3) is 33.4 Å². The fourth-order valence-electron chi connectivity index (χ4n) is 4.78. The van der Waals surface area contributed by atoms with Crippen LogP contribution in [0.4, 0.5) is 17.6 Å². The predicted molar refractivity (Wildman–Crippen MR) is 157 cm³/mol. The number of benzene rings is 5. The van der Waals surface area contributed by atoms with Gasteiger partial charge in [-0.3, -0.25) is 0 Å². The molecule has 0 unspecified atom stereocenters. The first-order valence-corrected chi connectivity index (χ1v) is 13.7. The Morgan fingerprint density at radius 2 is 1.12 bits per heavy atom. The molecule has 0 saturated carbocycles. The molecule has 5 aromatic rings. The van der Waals surface area contributed by atoms with Gasteiger partial charge in [0.1, 0.15) is 17.4 Å². The van der Waals surface area contributed by atoms with Crippen molar-refractivity contribution in [2.45, 2.75) is 38.7 Å². The Hall–Kier alpha value is -4.38. The lowest BCUT2D eigenvalue weighted by atomic mass is 9.97. The Morgan fingerprint density at radius 3 is 1.73 bits per heavy atom. The fourth-order valence-corrected chi connectivity index (χ4v) is 4.78. The highest BCUT2D eigenvalue weighted by molar-refractivity contribution is 5.74. The van der Waals surface area contributed by atoms with Gasteiger partial charge in [0.2, 0.25) is 0 Å². The van der Waals surface area contributed by atoms with E-state index >= 15 is 4.39 Å². The third kappa shape index (κ3) is 6.86. The van der Waals surface area contributed by atoms with E-state index in [-0.39, 0.29) is 17.1 Å². The maximum atomic E-state index is 15.1. The molecule has 0 aliphatic rings. The quantitative estimate of drug-likeness (QED) is 0.123. The highest BCUT2D eigenvalue weighted by Gasteiger charge is 2.34. The molecular formula is C36H30F4O. The minimum Gasteiger partial charge on any atom is -0.429 e. The summed E-state index contributed by atoms with van der Waals surface area (Å²) in [6.07, 6.45) is 0.643. The van der Waals surface area contributed by atoms with Crippen molar-refractivity contribution in [2.75, 3.05) is 0 Å². The van der Waals surface area contributed by atoms with Crippen molar-refractivity contribution < 1.29 is 22.3 Å². The second-order valence-electron chi connectivity index (χ2n) is 10.1. The van der Waals surface area contributed by atoms with Gasteiger partial charge in [-0.25, -0.2) is 8.78 Å². The maximum absolute atomic E-state index is 15.1. The summed E-state index contributed by atoms with van der Waals surface area (Å²) in [6.45, 7) is 2.13. The molecule has 0 aliphatic carbocycles. The number of halogens is 4. The van der Waals surface area contributed by atoms with E-state index in [9.17, 15) is 13.2 Å². The standard InChI is InChI=1S/C36H30F4O/c1-2-3-4-5-25-6-17-31(18-7-25)36(39,40)41-33-21-14-28(15-22-33)30-16-23-34(35(38)24-30)29-10-8-26(9-11-29)27-12-19-32(37)20-13-27/h6-24H,2-5H2,1H3. The first-order valence-electron chi connectivity index (χ1n) is 13.7. The molecule has 0 fully saturated rings. The van der Waals surface area contributed by atoms with Crippen molar-refractivity contribution in [3.63, 3.8) is 0 Å². The maximum Gasteiger partial charge on any atom is 0.426 e. The molecule has 0 atom stereocenters. The monoisotopic (exact) mass is 554 g/mol. The summed E-state index contributed by atoms with van der Waals surface area (Å²) in [5.41, 5.74) is 5.04. The molecule has 0 heterocycles. The van der Waals surface area contributed by atoms with E-state index in [4.69, 9.17) is 4.74 Å². The van der Waals surface area contributed by atoms with Crippen molar-refractivity contribution in [3.8, 4) is 39.1 Å². The number of hydrogen-bond acceptors (Lipinski definition) is 1. The first kappa shape index (κ1) is 28.2. The van der Waals surface area contributed by atoms with Crippen molar-refractivity contribution in [2.24, 2.45) is 0 Å². The average molecular weight is 555 g/mol. The predicted octanol–water partition coefficient (Wildman–Crippen LogP) is 10.8. The molecule has 5 heteroatoms. The van der Waals surface area contributed by atoms with E-state index in [0.717, 1.165) is 42.4 Å². The number of hydrogen-bond donors (Lipinski definition) is 0. The molecule has 0 saturated heterocycles. The van der Waals surface area contributed by atoms with Crippen LogP contribution in [-0.2, 0) is 12.5 Å². The second-order valence-corrected chi connectivity index (χ2v) is 10.1. The number of alkyl halides is 2. The SMILES string of the molecule is CCCCCc1ccc(C(F)(F)Oc2ccc(-c3ccc(-c4ccc(-c5ccc(F)cc5)cc4)c(F)c3)cc2)cc1. The van der Waals surface area contributed by atoms with Gasteiger partial charge < -0.3 is 4.74 Å². The van der Waals surface area contributed by atoms with Crippen LogP contribution in [0, 0.1) is 11.6 Å². The number of rotatable bonds is 10. The fraction of sp³-hybridized carbons (Fsp3) is 0.167. The van der Waals surface area contributed by atoms with E-state index in [0.29, 0.717) is 22.3 Å². The Morgan fingerprint density at radius 1 is 0.585 bits per heavy atom. The molecule has 0 aromatic heterocycles. The lowest BCUT2D eigenvalue weighted by molar-refractivity contribution is -0.185. The molecule has 0 bridgehead atoms. The highest BCUT2D eigenvalue weighted by atomic mass is 19.3. The molecule has 0 N–H and O–H groups in total. The molecule has 208 valence electrons. The van der Waals surface area contributed by atoms with Gasteiger partial charge in [0.05, 0.1) is 5.56 Å². The van der Waals surface area contributed by atoms with Gasteiger partial charge in [-0.05, 0) is 88.7 Å². The zero-order valence-corrected chi connectivity index (χ0v) is 22.7. The Balaban J connectivity index is 1.25. The minimum atomic E-state index is -3.48. The molecule has 5 rings (SSSR count). The average Bonchev–Trinajstić information content (AvgIpc) is 2.98. The van der Waals surface area contributed by atoms with E-state index in [1.807, 2.05) is 24.3 Å². The molecule has 1 nitrogen and oxygen atoms in total. The molecular weight excluding hydrogens is 524 g/mol. The van der Waals surface area contributed by atoms with E-state index < -0.39 is 11.9 Å². The Bertz CT molecular complexity index is 1570. The normalized spacial score (nSPS) is 11.4. The minimum absolute atomic E-state index is 0.0177. The highest BCUT2D eigenvalue weighted by Crippen LogP contribution is 2.34. The molecule has 5 aromatic carbocycles. The zero-order chi connectivity index (χ0) is 28.8. The van der Waals surface area contributed by atoms with E-state index in [1.54, 1.807) is 48.5 Å². The molecule has 0 spiro atoms. The van der Waals surface area contributed by atoms with Gasteiger partial charge in [0.25, 0.3) is 0 Å². The third-order valence-electron chi connectivity index (χ3n) is 7.14. The first-order chi connectivity index (χ1) is 19.8. The van der Waals surface area contributed by atoms with Crippen LogP contribution in [0.3, 0.4) is 0 Å². The summed E-state index contributed by atoms with van der Waals surface area (Å²) in [7, 11) is 0. The summed E-state index contributed by atoms with van der Waals surface area (Å²) in [5.74, 6) is -0.683. The Kier molecular flexibility index (Phi) is 8.53. The molecule has 0 amide bonds. The van der Waals surface area contributed by atoms with Crippen molar-refractivity contribution >= 4 is 0 Å². The van der Waals surface area contributed by atoms with Gasteiger partial charge in [-0.1, -0.05) is 92.6 Å². The summed E-state index contributed by atoms with van der Waals surface area (Å²) < 4.78 is 63.0. The largest absolute Gasteiger partial charge is 0.429 e. The van der Waals surface area contributed by atoms with Crippen molar-refractivity contribution in [1.29, 1.82) is 0 Å². The topological polar surface area (TPSA) is 9.23 Å². The number of aryl methyl sites for hydroxylation is 1. The van der Waals surface area contributed by atoms with Crippen LogP contribution >= 0.6 is 0 Å². The molecule has 41 heavy (non-hydrogen) atoms. The molecule has 0 aliphatic heterocycles. The van der Waals surface area contributed by atoms with E-state index in [2.05, 4.69) is 6.92 Å². The zero-order valence-electron chi connectivity index (χ0n) is 22.7. The van der Waals surface area contributed by atoms with Gasteiger partial charge in [0, 0.05) is 5.56 Å². The van der Waals surface area contributed by atoms with Gasteiger partial charge in [0.15, 0.2) is 0 Å². The van der Waals surface area contributed by atoms with Crippen LogP contribution in [0.15, 0.2) is 115 Å². The van der Waals surface area contributed by atoms with Gasteiger partial charge in [-0.2, -0.15) is 8.78 Å². The summed E-state index contributed by atoms with van der Waals surface area (Å²) in [6, 6.07) is 31.0. The smallest absolute Gasteiger partial charge is 0.426 e. The van der Waals surface area contributed by atoms with Crippen molar-refractivity contribution in [1.82, 2.24) is 0 Å². The van der Waals surface area contributed by atoms with Crippen LogP contribution < -0.4 is 4.74 Å². The third-order valence-corrected chi connectivity index (χ3v) is 7.14. The van der Waals surface area contributed by atoms with Crippen LogP contribution in [-0.4, -0.2) is 0 Å². The van der Waals surface area contributed by atoms with E-state index in [1.165, 1.54) is 42.5 Å². The Labute approximate surface area is 238 Å². The lowest BCUT2D eigenvalue weighted by Crippen LogP contribution is -2.21. The summed E-state index contributed by atoms with van der Waals surface area (Å²) in [4.78, 5) is 0. The van der Waals surface area contributed by atoms with Crippen LogP contribution in [0.1, 0.15) is 37.3 Å². The second kappa shape index (κ2) is 12.4.